The number of anilines is 1. The first-order valence-electron chi connectivity index (χ1n) is 5.44. The molecule has 0 unspecified atom stereocenters. The molecule has 2 rings (SSSR count). The van der Waals surface area contributed by atoms with Gasteiger partial charge in [0.1, 0.15) is 0 Å². The smallest absolute Gasteiger partial charge is 0.356 e. The highest BCUT2D eigenvalue weighted by molar-refractivity contribution is 6.07. The van der Waals surface area contributed by atoms with Gasteiger partial charge in [-0.2, -0.15) is 0 Å². The minimum atomic E-state index is -1.31. The van der Waals surface area contributed by atoms with Gasteiger partial charge in [-0.15, -0.1) is 0 Å². The molecule has 0 saturated carbocycles. The van der Waals surface area contributed by atoms with Crippen molar-refractivity contribution in [3.8, 4) is 0 Å². The van der Waals surface area contributed by atoms with E-state index in [-0.39, 0.29) is 16.9 Å². The Bertz CT molecular complexity index is 689. The van der Waals surface area contributed by atoms with E-state index in [1.165, 1.54) is 18.3 Å². The Balaban J connectivity index is 2.28. The molecule has 7 heteroatoms. The number of nitrogens with one attached hydrogen (secondary N) is 1. The predicted octanol–water partition coefficient (Wildman–Crippen LogP) is 2.31. The Kier molecular flexibility index (Phi) is 3.69. The fraction of sp³-hybridized carbons (Fsp3) is 0. The third kappa shape index (κ3) is 2.77. The van der Waals surface area contributed by atoms with Gasteiger partial charge < -0.3 is 10.4 Å². The van der Waals surface area contributed by atoms with E-state index >= 15 is 0 Å². The molecule has 5 nitrogen and oxygen atoms in total. The number of halogens is 2. The minimum absolute atomic E-state index is 0.0327. The molecule has 0 fully saturated rings. The van der Waals surface area contributed by atoms with Gasteiger partial charge in [-0.3, -0.25) is 4.79 Å². The van der Waals surface area contributed by atoms with Crippen molar-refractivity contribution in [1.29, 1.82) is 0 Å². The molecule has 0 saturated heterocycles. The molecule has 0 atom stereocenters. The maximum Gasteiger partial charge on any atom is 0.356 e. The molecule has 2 N–H and O–H groups in total. The molecule has 20 heavy (non-hydrogen) atoms. The summed E-state index contributed by atoms with van der Waals surface area (Å²) in [4.78, 5) is 26.4. The summed E-state index contributed by atoms with van der Waals surface area (Å²) in [5, 5.41) is 11.2. The number of carbonyl (C=O) groups excluding carboxylic acids is 1. The van der Waals surface area contributed by atoms with E-state index in [0.29, 0.717) is 0 Å². The second kappa shape index (κ2) is 5.43. The number of nitrogens with zero attached hydrogens (tertiary/aromatic N) is 1. The van der Waals surface area contributed by atoms with Gasteiger partial charge in [0.05, 0.1) is 5.69 Å². The molecule has 0 radical (unpaired) electrons. The van der Waals surface area contributed by atoms with Crippen LogP contribution in [0.3, 0.4) is 0 Å². The molecule has 0 spiro atoms. The first kappa shape index (κ1) is 13.6. The maximum atomic E-state index is 13.0. The Hall–Kier alpha value is -2.83. The van der Waals surface area contributed by atoms with Crippen LogP contribution >= 0.6 is 0 Å². The van der Waals surface area contributed by atoms with Crippen molar-refractivity contribution in [3.63, 3.8) is 0 Å². The standard InChI is InChI=1S/C13H8F2N2O3/c14-8-4-3-7(6-9(8)15)12(18)17-10-2-1-5-16-11(10)13(19)20/h1-6H,(H,17,18)(H,19,20). The zero-order chi connectivity index (χ0) is 14.7. The molecule has 0 aliphatic heterocycles. The topological polar surface area (TPSA) is 79.3 Å². The predicted molar refractivity (Wildman–Crippen MR) is 65.5 cm³/mol. The van der Waals surface area contributed by atoms with E-state index in [9.17, 15) is 18.4 Å². The number of pyridine rings is 1. The summed E-state index contributed by atoms with van der Waals surface area (Å²) < 4.78 is 25.8. The summed E-state index contributed by atoms with van der Waals surface area (Å²) in [5.41, 5.74) is -0.512. The third-order valence-corrected chi connectivity index (χ3v) is 2.44. The summed E-state index contributed by atoms with van der Waals surface area (Å²) in [5.74, 6) is -4.32. The van der Waals surface area contributed by atoms with Gasteiger partial charge >= 0.3 is 5.97 Å². The number of hydrogen-bond acceptors (Lipinski definition) is 3. The van der Waals surface area contributed by atoms with Crippen LogP contribution in [-0.4, -0.2) is 22.0 Å². The van der Waals surface area contributed by atoms with Gasteiger partial charge in [0.25, 0.3) is 5.91 Å². The van der Waals surface area contributed by atoms with Crippen molar-refractivity contribution in [2.24, 2.45) is 0 Å². The van der Waals surface area contributed by atoms with Crippen molar-refractivity contribution in [2.45, 2.75) is 0 Å². The van der Waals surface area contributed by atoms with Gasteiger partial charge in [0.15, 0.2) is 17.3 Å². The van der Waals surface area contributed by atoms with Crippen LogP contribution in [0.1, 0.15) is 20.8 Å². The number of aromatic carboxylic acids is 1. The number of benzene rings is 1. The molecular formula is C13H8F2N2O3. The first-order chi connectivity index (χ1) is 9.49. The van der Waals surface area contributed by atoms with E-state index < -0.39 is 23.5 Å². The van der Waals surface area contributed by atoms with Crippen molar-refractivity contribution in [1.82, 2.24) is 4.98 Å². The Morgan fingerprint density at radius 1 is 1.15 bits per heavy atom. The summed E-state index contributed by atoms with van der Waals surface area (Å²) in [6.45, 7) is 0. The van der Waals surface area contributed by atoms with Crippen molar-refractivity contribution >= 4 is 17.6 Å². The van der Waals surface area contributed by atoms with Crippen LogP contribution in [0, 0.1) is 11.6 Å². The number of carboxylic acid groups (broad SMARTS) is 1. The molecule has 1 aromatic carbocycles. The number of carboxylic acids is 1. The lowest BCUT2D eigenvalue weighted by Crippen LogP contribution is -2.16. The average molecular weight is 278 g/mol. The van der Waals surface area contributed by atoms with E-state index in [0.717, 1.165) is 18.2 Å². The molecule has 0 aliphatic carbocycles. The molecule has 0 bridgehead atoms. The largest absolute Gasteiger partial charge is 0.476 e. The van der Waals surface area contributed by atoms with Crippen molar-refractivity contribution in [3.05, 3.63) is 59.4 Å². The number of amides is 1. The Labute approximate surface area is 111 Å². The van der Waals surface area contributed by atoms with Gasteiger partial charge in [0.2, 0.25) is 0 Å². The molecule has 102 valence electrons. The van der Waals surface area contributed by atoms with Crippen LogP contribution in [0.25, 0.3) is 0 Å². The average Bonchev–Trinajstić information content (AvgIpc) is 2.42. The highest BCUT2D eigenvalue weighted by Gasteiger charge is 2.15. The monoisotopic (exact) mass is 278 g/mol. The Morgan fingerprint density at radius 3 is 2.55 bits per heavy atom. The minimum Gasteiger partial charge on any atom is -0.476 e. The first-order valence-corrected chi connectivity index (χ1v) is 5.44. The summed E-state index contributed by atoms with van der Waals surface area (Å²) in [6, 6.07) is 5.40. The van der Waals surface area contributed by atoms with Gasteiger partial charge in [-0.1, -0.05) is 0 Å². The van der Waals surface area contributed by atoms with E-state index in [1.54, 1.807) is 0 Å². The lowest BCUT2D eigenvalue weighted by Gasteiger charge is -2.07. The third-order valence-electron chi connectivity index (χ3n) is 2.44. The molecule has 1 amide bonds. The number of carbonyl (C=O) groups is 2. The van der Waals surface area contributed by atoms with Crippen LogP contribution in [0.15, 0.2) is 36.5 Å². The zero-order valence-corrected chi connectivity index (χ0v) is 9.93. The zero-order valence-electron chi connectivity index (χ0n) is 9.93. The van der Waals surface area contributed by atoms with E-state index in [4.69, 9.17) is 5.11 Å². The van der Waals surface area contributed by atoms with Crippen LogP contribution in [-0.2, 0) is 0 Å². The van der Waals surface area contributed by atoms with Crippen molar-refractivity contribution < 1.29 is 23.5 Å². The maximum absolute atomic E-state index is 13.0. The number of hydrogen-bond donors (Lipinski definition) is 2. The van der Waals surface area contributed by atoms with Gasteiger partial charge in [-0.25, -0.2) is 18.6 Å². The normalized spacial score (nSPS) is 10.1. The van der Waals surface area contributed by atoms with Gasteiger partial charge in [0, 0.05) is 11.8 Å². The lowest BCUT2D eigenvalue weighted by molar-refractivity contribution is 0.0691. The van der Waals surface area contributed by atoms with Crippen molar-refractivity contribution in [2.75, 3.05) is 5.32 Å². The molecule has 2 aromatic rings. The van der Waals surface area contributed by atoms with Crippen LogP contribution in [0.4, 0.5) is 14.5 Å². The number of rotatable bonds is 3. The van der Waals surface area contributed by atoms with Crippen LogP contribution in [0.2, 0.25) is 0 Å². The fourth-order valence-electron chi connectivity index (χ4n) is 1.51. The summed E-state index contributed by atoms with van der Waals surface area (Å²) in [6.07, 6.45) is 1.26. The fourth-order valence-corrected chi connectivity index (χ4v) is 1.51. The summed E-state index contributed by atoms with van der Waals surface area (Å²) in [7, 11) is 0. The molecule has 0 aliphatic rings. The second-order valence-corrected chi connectivity index (χ2v) is 3.79. The molecule has 1 heterocycles. The SMILES string of the molecule is O=C(Nc1cccnc1C(=O)O)c1ccc(F)c(F)c1. The quantitative estimate of drug-likeness (QED) is 0.903. The second-order valence-electron chi connectivity index (χ2n) is 3.79. The molecular weight excluding hydrogens is 270 g/mol. The number of aromatic nitrogens is 1. The van der Waals surface area contributed by atoms with Crippen LogP contribution < -0.4 is 5.32 Å². The van der Waals surface area contributed by atoms with Gasteiger partial charge in [-0.05, 0) is 30.3 Å². The lowest BCUT2D eigenvalue weighted by atomic mass is 10.2. The van der Waals surface area contributed by atoms with Crippen LogP contribution in [0.5, 0.6) is 0 Å². The molecule has 1 aromatic heterocycles. The highest BCUT2D eigenvalue weighted by atomic mass is 19.2. The van der Waals surface area contributed by atoms with E-state index in [1.807, 2.05) is 0 Å². The summed E-state index contributed by atoms with van der Waals surface area (Å²) >= 11 is 0. The highest BCUT2D eigenvalue weighted by Crippen LogP contribution is 2.15. The Morgan fingerprint density at radius 2 is 1.90 bits per heavy atom. The van der Waals surface area contributed by atoms with E-state index in [2.05, 4.69) is 10.3 Å².